The third-order valence-electron chi connectivity index (χ3n) is 2.94. The van der Waals surface area contributed by atoms with E-state index in [-0.39, 0.29) is 0 Å². The predicted molar refractivity (Wildman–Crippen MR) is 69.3 cm³/mol. The Hall–Kier alpha value is -0.480. The van der Waals surface area contributed by atoms with Crippen molar-refractivity contribution in [2.75, 3.05) is 18.1 Å². The van der Waals surface area contributed by atoms with Crippen LogP contribution < -0.4 is 5.32 Å². The molecular formula is C11H16ClN3S. The van der Waals surface area contributed by atoms with Crippen LogP contribution in [0.1, 0.15) is 25.7 Å². The van der Waals surface area contributed by atoms with Crippen LogP contribution in [0.3, 0.4) is 0 Å². The van der Waals surface area contributed by atoms with E-state index in [1.165, 1.54) is 37.4 Å². The molecule has 0 aliphatic heterocycles. The molecule has 0 amide bonds. The number of hydrogen-bond donors (Lipinski definition) is 1. The fourth-order valence-corrected chi connectivity index (χ4v) is 2.38. The Labute approximate surface area is 105 Å². The summed E-state index contributed by atoms with van der Waals surface area (Å²) in [6.45, 7) is 0.978. The maximum atomic E-state index is 5.90. The van der Waals surface area contributed by atoms with Crippen LogP contribution in [0.25, 0.3) is 0 Å². The van der Waals surface area contributed by atoms with E-state index in [0.717, 1.165) is 23.4 Å². The quantitative estimate of drug-likeness (QED) is 0.498. The topological polar surface area (TPSA) is 37.8 Å². The Morgan fingerprint density at radius 1 is 1.50 bits per heavy atom. The molecule has 0 radical (unpaired) electrons. The molecule has 0 aromatic carbocycles. The molecule has 2 rings (SSSR count). The molecule has 1 heterocycles. The van der Waals surface area contributed by atoms with Gasteiger partial charge in [0, 0.05) is 12.6 Å². The number of rotatable bonds is 5. The van der Waals surface area contributed by atoms with Crippen molar-refractivity contribution < 1.29 is 0 Å². The standard InChI is InChI=1S/C11H16ClN3S/c1-16-11-14-9(12)7-10(15-11)13-6-5-8-3-2-4-8/h7-8H,2-6H2,1H3,(H,13,14,15). The molecule has 0 atom stereocenters. The van der Waals surface area contributed by atoms with Crippen LogP contribution in [-0.2, 0) is 0 Å². The van der Waals surface area contributed by atoms with Gasteiger partial charge in [-0.25, -0.2) is 9.97 Å². The minimum atomic E-state index is 0.505. The summed E-state index contributed by atoms with van der Waals surface area (Å²) in [5.74, 6) is 1.76. The monoisotopic (exact) mass is 257 g/mol. The van der Waals surface area contributed by atoms with E-state index >= 15 is 0 Å². The van der Waals surface area contributed by atoms with Crippen molar-refractivity contribution >= 4 is 29.2 Å². The van der Waals surface area contributed by atoms with Crippen LogP contribution in [0.4, 0.5) is 5.82 Å². The molecule has 0 spiro atoms. The highest BCUT2D eigenvalue weighted by atomic mass is 35.5. The first-order valence-corrected chi connectivity index (χ1v) is 7.20. The highest BCUT2D eigenvalue weighted by Crippen LogP contribution is 2.29. The Balaban J connectivity index is 1.84. The van der Waals surface area contributed by atoms with Crippen molar-refractivity contribution in [1.29, 1.82) is 0 Å². The zero-order valence-corrected chi connectivity index (χ0v) is 10.9. The normalized spacial score (nSPS) is 15.9. The van der Waals surface area contributed by atoms with E-state index in [9.17, 15) is 0 Å². The lowest BCUT2D eigenvalue weighted by atomic mass is 9.83. The smallest absolute Gasteiger partial charge is 0.190 e. The number of hydrogen-bond acceptors (Lipinski definition) is 4. The van der Waals surface area contributed by atoms with Crippen molar-refractivity contribution in [2.45, 2.75) is 30.8 Å². The molecule has 1 saturated carbocycles. The molecule has 0 saturated heterocycles. The summed E-state index contributed by atoms with van der Waals surface area (Å²) in [6, 6.07) is 1.78. The summed E-state index contributed by atoms with van der Waals surface area (Å²) in [5, 5.41) is 4.54. The Kier molecular flexibility index (Phi) is 4.29. The SMILES string of the molecule is CSc1nc(Cl)cc(NCCC2CCC2)n1. The number of nitrogens with zero attached hydrogens (tertiary/aromatic N) is 2. The Morgan fingerprint density at radius 2 is 2.31 bits per heavy atom. The van der Waals surface area contributed by atoms with Crippen LogP contribution in [0, 0.1) is 5.92 Å². The minimum absolute atomic E-state index is 0.505. The van der Waals surface area contributed by atoms with Gasteiger partial charge in [0.2, 0.25) is 0 Å². The van der Waals surface area contributed by atoms with Crippen molar-refractivity contribution in [3.8, 4) is 0 Å². The van der Waals surface area contributed by atoms with Gasteiger partial charge in [-0.1, -0.05) is 42.6 Å². The summed E-state index contributed by atoms with van der Waals surface area (Å²) >= 11 is 7.41. The fourth-order valence-electron chi connectivity index (χ4n) is 1.76. The van der Waals surface area contributed by atoms with Gasteiger partial charge >= 0.3 is 0 Å². The van der Waals surface area contributed by atoms with Crippen molar-refractivity contribution in [1.82, 2.24) is 9.97 Å². The van der Waals surface area contributed by atoms with Crippen LogP contribution in [0.2, 0.25) is 5.15 Å². The molecule has 1 aliphatic carbocycles. The summed E-state index contributed by atoms with van der Waals surface area (Å²) < 4.78 is 0. The maximum absolute atomic E-state index is 5.90. The average molecular weight is 258 g/mol. The summed E-state index contributed by atoms with van der Waals surface area (Å²) in [4.78, 5) is 8.45. The molecule has 16 heavy (non-hydrogen) atoms. The molecule has 1 aromatic rings. The number of halogens is 1. The molecule has 0 unspecified atom stereocenters. The van der Waals surface area contributed by atoms with Gasteiger partial charge in [-0.05, 0) is 18.6 Å². The molecule has 1 aliphatic rings. The highest BCUT2D eigenvalue weighted by molar-refractivity contribution is 7.98. The molecule has 0 bridgehead atoms. The molecule has 1 fully saturated rings. The minimum Gasteiger partial charge on any atom is -0.370 e. The number of anilines is 1. The van der Waals surface area contributed by atoms with E-state index in [4.69, 9.17) is 11.6 Å². The van der Waals surface area contributed by atoms with Crippen LogP contribution in [-0.4, -0.2) is 22.8 Å². The Morgan fingerprint density at radius 3 is 2.94 bits per heavy atom. The summed E-state index contributed by atoms with van der Waals surface area (Å²) in [7, 11) is 0. The molecule has 5 heteroatoms. The van der Waals surface area contributed by atoms with Gasteiger partial charge in [-0.15, -0.1) is 0 Å². The van der Waals surface area contributed by atoms with E-state index in [0.29, 0.717) is 5.15 Å². The zero-order valence-electron chi connectivity index (χ0n) is 9.37. The zero-order chi connectivity index (χ0) is 11.4. The third kappa shape index (κ3) is 3.25. The second-order valence-electron chi connectivity index (χ2n) is 4.07. The highest BCUT2D eigenvalue weighted by Gasteiger charge is 2.16. The second kappa shape index (κ2) is 5.73. The van der Waals surface area contributed by atoms with Crippen LogP contribution >= 0.6 is 23.4 Å². The molecule has 88 valence electrons. The van der Waals surface area contributed by atoms with E-state index in [2.05, 4.69) is 15.3 Å². The molecule has 3 nitrogen and oxygen atoms in total. The van der Waals surface area contributed by atoms with Crippen LogP contribution in [0.15, 0.2) is 11.2 Å². The van der Waals surface area contributed by atoms with Gasteiger partial charge < -0.3 is 5.32 Å². The third-order valence-corrected chi connectivity index (χ3v) is 3.68. The van der Waals surface area contributed by atoms with Crippen molar-refractivity contribution in [3.05, 3.63) is 11.2 Å². The first kappa shape index (κ1) is 12.0. The Bertz CT molecular complexity index is 355. The second-order valence-corrected chi connectivity index (χ2v) is 5.24. The predicted octanol–water partition coefficient (Wildman–Crippen LogP) is 3.45. The lowest BCUT2D eigenvalue weighted by molar-refractivity contribution is 0.303. The van der Waals surface area contributed by atoms with Crippen molar-refractivity contribution in [3.63, 3.8) is 0 Å². The molecular weight excluding hydrogens is 242 g/mol. The first-order chi connectivity index (χ1) is 7.78. The van der Waals surface area contributed by atoms with E-state index in [1.54, 1.807) is 6.07 Å². The summed E-state index contributed by atoms with van der Waals surface area (Å²) in [6.07, 6.45) is 7.37. The number of aromatic nitrogens is 2. The average Bonchev–Trinajstić information content (AvgIpc) is 2.21. The first-order valence-electron chi connectivity index (χ1n) is 5.60. The van der Waals surface area contributed by atoms with Gasteiger partial charge in [-0.2, -0.15) is 0 Å². The van der Waals surface area contributed by atoms with E-state index in [1.807, 2.05) is 6.26 Å². The van der Waals surface area contributed by atoms with Gasteiger partial charge in [0.15, 0.2) is 5.16 Å². The maximum Gasteiger partial charge on any atom is 0.190 e. The lowest BCUT2D eigenvalue weighted by Gasteiger charge is -2.25. The van der Waals surface area contributed by atoms with Gasteiger partial charge in [0.25, 0.3) is 0 Å². The lowest BCUT2D eigenvalue weighted by Crippen LogP contribution is -2.16. The van der Waals surface area contributed by atoms with Crippen LogP contribution in [0.5, 0.6) is 0 Å². The largest absolute Gasteiger partial charge is 0.370 e. The fraction of sp³-hybridized carbons (Fsp3) is 0.636. The summed E-state index contributed by atoms with van der Waals surface area (Å²) in [5.41, 5.74) is 0. The van der Waals surface area contributed by atoms with Gasteiger partial charge in [-0.3, -0.25) is 0 Å². The van der Waals surface area contributed by atoms with E-state index < -0.39 is 0 Å². The van der Waals surface area contributed by atoms with Gasteiger partial charge in [0.05, 0.1) is 0 Å². The van der Waals surface area contributed by atoms with Gasteiger partial charge in [0.1, 0.15) is 11.0 Å². The van der Waals surface area contributed by atoms with Crippen molar-refractivity contribution in [2.24, 2.45) is 5.92 Å². The number of thioether (sulfide) groups is 1. The molecule has 1 aromatic heterocycles. The number of nitrogens with one attached hydrogen (secondary N) is 1. The molecule has 1 N–H and O–H groups in total.